The van der Waals surface area contributed by atoms with Crippen LogP contribution in [0.15, 0.2) is 146 Å². The first-order valence-electron chi connectivity index (χ1n) is 12.3. The molecule has 35 heavy (non-hydrogen) atoms. The normalized spacial score (nSPS) is 12.0. The van der Waals surface area contributed by atoms with Crippen LogP contribution in [-0.4, -0.2) is 21.1 Å². The molecular weight excluding hydrogens is 455 g/mol. The second-order valence-corrected chi connectivity index (χ2v) is 18.4. The predicted molar refractivity (Wildman–Crippen MR) is 155 cm³/mol. The second-order valence-electron chi connectivity index (χ2n) is 9.59. The molecule has 0 unspecified atom stereocenters. The summed E-state index contributed by atoms with van der Waals surface area (Å²) in [5.41, 5.74) is 1.34. The van der Waals surface area contributed by atoms with Gasteiger partial charge in [0.15, 0.2) is 0 Å². The third-order valence-electron chi connectivity index (χ3n) is 7.67. The molecular formula is C32H31NSi2. The molecule has 0 bridgehead atoms. The smallest absolute Gasteiger partial charge is 0.120 e. The van der Waals surface area contributed by atoms with Gasteiger partial charge in [-0.25, -0.2) is 0 Å². The van der Waals surface area contributed by atoms with Crippen molar-refractivity contribution < 1.29 is 0 Å². The van der Waals surface area contributed by atoms with E-state index >= 15 is 0 Å². The summed E-state index contributed by atoms with van der Waals surface area (Å²) in [6.07, 6.45) is 4.02. The number of hydrogen-bond donors (Lipinski definition) is 0. The van der Waals surface area contributed by atoms with Gasteiger partial charge in [0, 0.05) is 12.4 Å². The van der Waals surface area contributed by atoms with E-state index in [1.165, 1.54) is 26.3 Å². The Labute approximate surface area is 211 Å². The number of nitrogens with zero attached hydrogens (tertiary/aromatic N) is 1. The Hall–Kier alpha value is -3.54. The summed E-state index contributed by atoms with van der Waals surface area (Å²) < 4.78 is 0. The minimum atomic E-state index is -2.35. The molecule has 0 aliphatic rings. The lowest BCUT2D eigenvalue weighted by Crippen LogP contribution is -2.73. The minimum absolute atomic E-state index is 0.332. The highest BCUT2D eigenvalue weighted by Gasteiger charge is 2.53. The minimum Gasteiger partial charge on any atom is -0.264 e. The number of benzene rings is 4. The SMILES string of the molecule is C[Si](c1ccccc1)(c1ccccc1)C(c1cccnc1)[Si](C)(c1ccccc1)c1ccccc1. The standard InChI is InChI=1S/C32H31NSi2/c1-34(28-17-7-3-8-18-28,29-19-9-4-10-20-29)32(27-16-15-25-33-26-27)35(2,30-21-11-5-12-22-30)31-23-13-6-14-24-31/h3-26,32H,1-2H3. The third-order valence-corrected chi connectivity index (χ3v) is 20.2. The molecule has 4 aromatic carbocycles. The van der Waals surface area contributed by atoms with Crippen molar-refractivity contribution in [2.45, 2.75) is 18.3 Å². The van der Waals surface area contributed by atoms with Gasteiger partial charge in [-0.05, 0) is 16.8 Å². The molecule has 0 spiro atoms. The summed E-state index contributed by atoms with van der Waals surface area (Å²) in [5, 5.41) is 6.19. The molecule has 172 valence electrons. The van der Waals surface area contributed by atoms with E-state index in [4.69, 9.17) is 0 Å². The van der Waals surface area contributed by atoms with Crippen molar-refractivity contribution in [2.75, 3.05) is 0 Å². The summed E-state index contributed by atoms with van der Waals surface area (Å²) in [6.45, 7) is 5.15. The molecule has 1 aromatic heterocycles. The van der Waals surface area contributed by atoms with Crippen LogP contribution in [0.25, 0.3) is 0 Å². The van der Waals surface area contributed by atoms with E-state index in [-0.39, 0.29) is 0 Å². The van der Waals surface area contributed by atoms with E-state index in [9.17, 15) is 0 Å². The van der Waals surface area contributed by atoms with Gasteiger partial charge in [0.25, 0.3) is 0 Å². The zero-order chi connectivity index (χ0) is 24.1. The number of pyridine rings is 1. The third kappa shape index (κ3) is 4.22. The average molecular weight is 486 g/mol. The summed E-state index contributed by atoms with van der Waals surface area (Å²) in [6, 6.07) is 49.4. The molecule has 0 aliphatic carbocycles. The number of rotatable bonds is 7. The van der Waals surface area contributed by atoms with Gasteiger partial charge in [-0.1, -0.05) is 161 Å². The van der Waals surface area contributed by atoms with Crippen molar-refractivity contribution in [1.82, 2.24) is 4.98 Å². The maximum Gasteiger partial charge on any atom is 0.120 e. The molecule has 0 radical (unpaired) electrons. The van der Waals surface area contributed by atoms with Crippen LogP contribution >= 0.6 is 0 Å². The number of hydrogen-bond acceptors (Lipinski definition) is 1. The number of aromatic nitrogens is 1. The zero-order valence-corrected chi connectivity index (χ0v) is 22.4. The maximum absolute atomic E-state index is 4.65. The predicted octanol–water partition coefficient (Wildman–Crippen LogP) is 5.03. The van der Waals surface area contributed by atoms with Crippen molar-refractivity contribution in [3.05, 3.63) is 151 Å². The van der Waals surface area contributed by atoms with Crippen molar-refractivity contribution in [3.63, 3.8) is 0 Å². The molecule has 0 amide bonds. The van der Waals surface area contributed by atoms with Gasteiger partial charge in [-0.15, -0.1) is 0 Å². The molecule has 1 heterocycles. The van der Waals surface area contributed by atoms with Crippen LogP contribution in [0.1, 0.15) is 10.7 Å². The van der Waals surface area contributed by atoms with Crippen LogP contribution in [0.3, 0.4) is 0 Å². The highest BCUT2D eigenvalue weighted by atomic mass is 28.4. The van der Waals surface area contributed by atoms with Crippen molar-refractivity contribution >= 4 is 36.9 Å². The highest BCUT2D eigenvalue weighted by molar-refractivity contribution is 7.18. The van der Waals surface area contributed by atoms with E-state index in [1.807, 2.05) is 6.20 Å². The lowest BCUT2D eigenvalue weighted by molar-refractivity contribution is 1.16. The summed E-state index contributed by atoms with van der Waals surface area (Å²) in [4.78, 5) is 4.65. The van der Waals surface area contributed by atoms with Gasteiger partial charge in [0.1, 0.15) is 16.1 Å². The first-order chi connectivity index (χ1) is 17.1. The van der Waals surface area contributed by atoms with Crippen LogP contribution in [0.4, 0.5) is 0 Å². The first kappa shape index (κ1) is 23.2. The zero-order valence-electron chi connectivity index (χ0n) is 20.4. The van der Waals surface area contributed by atoms with Crippen LogP contribution < -0.4 is 20.7 Å². The van der Waals surface area contributed by atoms with Gasteiger partial charge in [-0.2, -0.15) is 0 Å². The molecule has 0 N–H and O–H groups in total. The highest BCUT2D eigenvalue weighted by Crippen LogP contribution is 2.35. The Kier molecular flexibility index (Phi) is 6.62. The van der Waals surface area contributed by atoms with Crippen LogP contribution in [-0.2, 0) is 0 Å². The molecule has 0 saturated carbocycles. The van der Waals surface area contributed by atoms with E-state index in [2.05, 4.69) is 158 Å². The van der Waals surface area contributed by atoms with E-state index < -0.39 is 16.1 Å². The summed E-state index contributed by atoms with van der Waals surface area (Å²) in [5.74, 6) is 0. The van der Waals surface area contributed by atoms with Crippen LogP contribution in [0.2, 0.25) is 13.1 Å². The molecule has 0 atom stereocenters. The quantitative estimate of drug-likeness (QED) is 0.295. The molecule has 1 nitrogen and oxygen atoms in total. The monoisotopic (exact) mass is 485 g/mol. The fourth-order valence-electron chi connectivity index (χ4n) is 5.93. The Bertz CT molecular complexity index is 1170. The maximum atomic E-state index is 4.65. The summed E-state index contributed by atoms with van der Waals surface area (Å²) >= 11 is 0. The van der Waals surface area contributed by atoms with Crippen molar-refractivity contribution in [3.8, 4) is 0 Å². The van der Waals surface area contributed by atoms with E-state index in [0.29, 0.717) is 5.16 Å². The Morgan fingerprint density at radius 3 is 1.09 bits per heavy atom. The van der Waals surface area contributed by atoms with Gasteiger partial charge < -0.3 is 0 Å². The molecule has 0 saturated heterocycles. The fourth-order valence-corrected chi connectivity index (χ4v) is 19.8. The Balaban J connectivity index is 1.90. The first-order valence-corrected chi connectivity index (χ1v) is 17.4. The lowest BCUT2D eigenvalue weighted by Gasteiger charge is -2.47. The molecule has 3 heteroatoms. The van der Waals surface area contributed by atoms with Crippen LogP contribution in [0, 0.1) is 0 Å². The molecule has 5 rings (SSSR count). The van der Waals surface area contributed by atoms with E-state index in [1.54, 1.807) is 0 Å². The van der Waals surface area contributed by atoms with Gasteiger partial charge in [0.05, 0.1) is 0 Å². The molecule has 5 aromatic rings. The largest absolute Gasteiger partial charge is 0.264 e. The lowest BCUT2D eigenvalue weighted by atomic mass is 10.3. The summed E-state index contributed by atoms with van der Waals surface area (Å²) in [7, 11) is -4.70. The fraction of sp³-hybridized carbons (Fsp3) is 0.0938. The van der Waals surface area contributed by atoms with Crippen molar-refractivity contribution in [2.24, 2.45) is 0 Å². The van der Waals surface area contributed by atoms with E-state index in [0.717, 1.165) is 0 Å². The van der Waals surface area contributed by atoms with Gasteiger partial charge in [0.2, 0.25) is 0 Å². The second kappa shape index (κ2) is 9.99. The van der Waals surface area contributed by atoms with Crippen molar-refractivity contribution in [1.29, 1.82) is 0 Å². The van der Waals surface area contributed by atoms with Crippen LogP contribution in [0.5, 0.6) is 0 Å². The topological polar surface area (TPSA) is 12.9 Å². The molecule has 0 fully saturated rings. The van der Waals surface area contributed by atoms with Gasteiger partial charge in [-0.3, -0.25) is 4.98 Å². The van der Waals surface area contributed by atoms with Gasteiger partial charge >= 0.3 is 0 Å². The Morgan fingerprint density at radius 1 is 0.457 bits per heavy atom. The Morgan fingerprint density at radius 2 is 0.800 bits per heavy atom. The molecule has 0 aliphatic heterocycles. The average Bonchev–Trinajstić information content (AvgIpc) is 2.95.